The van der Waals surface area contributed by atoms with Crippen LogP contribution in [0.1, 0.15) is 59.3 Å². The van der Waals surface area contributed by atoms with E-state index in [9.17, 15) is 0 Å². The summed E-state index contributed by atoms with van der Waals surface area (Å²) in [5.74, 6) is 4.33. The molecule has 0 bridgehead atoms. The lowest BCUT2D eigenvalue weighted by atomic mass is 9.81. The smallest absolute Gasteiger partial charge is 0.0249 e. The van der Waals surface area contributed by atoms with Gasteiger partial charge >= 0.3 is 0 Å². The van der Waals surface area contributed by atoms with E-state index in [1.54, 1.807) is 0 Å². The van der Waals surface area contributed by atoms with Gasteiger partial charge in [-0.05, 0) is 30.4 Å². The van der Waals surface area contributed by atoms with Crippen LogP contribution in [0.4, 0.5) is 0 Å². The number of hydrogen-bond donors (Lipinski definition) is 1. The molecule has 2 nitrogen and oxygen atoms in total. The molecule has 0 aromatic rings. The van der Waals surface area contributed by atoms with Gasteiger partial charge in [-0.2, -0.15) is 11.8 Å². The van der Waals surface area contributed by atoms with Crippen LogP contribution in [0.15, 0.2) is 0 Å². The molecule has 1 heterocycles. The van der Waals surface area contributed by atoms with Gasteiger partial charge in [-0.3, -0.25) is 4.90 Å². The van der Waals surface area contributed by atoms with Gasteiger partial charge in [-0.1, -0.05) is 46.5 Å². The van der Waals surface area contributed by atoms with E-state index in [2.05, 4.69) is 42.7 Å². The van der Waals surface area contributed by atoms with Crippen molar-refractivity contribution >= 4 is 11.8 Å². The normalized spacial score (nSPS) is 30.4. The van der Waals surface area contributed by atoms with Gasteiger partial charge in [0.15, 0.2) is 0 Å². The molecule has 0 aromatic heterocycles. The summed E-state index contributed by atoms with van der Waals surface area (Å²) in [7, 11) is 0. The van der Waals surface area contributed by atoms with E-state index in [1.807, 2.05) is 0 Å². The maximum atomic E-state index is 3.89. The van der Waals surface area contributed by atoms with E-state index in [1.165, 1.54) is 69.7 Å². The fourth-order valence-corrected chi connectivity index (χ4v) is 4.74. The fourth-order valence-electron chi connectivity index (χ4n) is 4.09. The molecule has 124 valence electrons. The highest BCUT2D eigenvalue weighted by atomic mass is 32.2. The molecule has 2 fully saturated rings. The zero-order valence-electron chi connectivity index (χ0n) is 14.4. The molecule has 3 atom stereocenters. The van der Waals surface area contributed by atoms with Crippen molar-refractivity contribution in [2.75, 3.05) is 31.1 Å². The summed E-state index contributed by atoms with van der Waals surface area (Å²) in [6.07, 6.45) is 8.64. The third kappa shape index (κ3) is 5.14. The van der Waals surface area contributed by atoms with Crippen molar-refractivity contribution in [3.8, 4) is 0 Å². The molecule has 1 aliphatic heterocycles. The van der Waals surface area contributed by atoms with Gasteiger partial charge in [0.05, 0.1) is 0 Å². The second-order valence-corrected chi connectivity index (χ2v) is 8.45. The van der Waals surface area contributed by atoms with Crippen molar-refractivity contribution in [1.82, 2.24) is 10.2 Å². The Labute approximate surface area is 136 Å². The summed E-state index contributed by atoms with van der Waals surface area (Å²) in [6.45, 7) is 10.8. The molecule has 3 unspecified atom stereocenters. The molecular weight excluding hydrogens is 276 g/mol. The van der Waals surface area contributed by atoms with Crippen molar-refractivity contribution in [2.45, 2.75) is 71.4 Å². The highest BCUT2D eigenvalue weighted by molar-refractivity contribution is 7.99. The topological polar surface area (TPSA) is 15.3 Å². The van der Waals surface area contributed by atoms with Crippen LogP contribution in [0.3, 0.4) is 0 Å². The maximum Gasteiger partial charge on any atom is 0.0249 e. The standard InChI is InChI=1S/C18H36N2S/c1-4-15(3)17-14-20(11-12-21-5-2)18(13-19-17)16-9-7-6-8-10-16/h15-19H,4-14H2,1-3H3. The summed E-state index contributed by atoms with van der Waals surface area (Å²) < 4.78 is 0. The highest BCUT2D eigenvalue weighted by Gasteiger charge is 2.34. The lowest BCUT2D eigenvalue weighted by molar-refractivity contribution is 0.0645. The van der Waals surface area contributed by atoms with E-state index in [-0.39, 0.29) is 0 Å². The van der Waals surface area contributed by atoms with Crippen LogP contribution in [0, 0.1) is 11.8 Å². The van der Waals surface area contributed by atoms with Gasteiger partial charge in [0.25, 0.3) is 0 Å². The van der Waals surface area contributed by atoms with Crippen molar-refractivity contribution in [3.05, 3.63) is 0 Å². The fraction of sp³-hybridized carbons (Fsp3) is 1.00. The first-order chi connectivity index (χ1) is 10.3. The molecular formula is C18H36N2S. The first-order valence-corrected chi connectivity index (χ1v) is 10.5. The zero-order chi connectivity index (χ0) is 15.1. The van der Waals surface area contributed by atoms with Crippen LogP contribution in [0.25, 0.3) is 0 Å². The molecule has 2 rings (SSSR count). The second-order valence-electron chi connectivity index (χ2n) is 7.06. The van der Waals surface area contributed by atoms with Crippen molar-refractivity contribution in [3.63, 3.8) is 0 Å². The Morgan fingerprint density at radius 1 is 1.19 bits per heavy atom. The first-order valence-electron chi connectivity index (χ1n) is 9.31. The third-order valence-corrected chi connectivity index (χ3v) is 6.62. The quantitative estimate of drug-likeness (QED) is 0.715. The Kier molecular flexibility index (Phi) is 7.90. The number of nitrogens with one attached hydrogen (secondary N) is 1. The second kappa shape index (κ2) is 9.42. The minimum Gasteiger partial charge on any atom is -0.311 e. The molecule has 0 aromatic carbocycles. The molecule has 2 aliphatic rings. The Balaban J connectivity index is 1.93. The minimum atomic E-state index is 0.710. The molecule has 3 heteroatoms. The highest BCUT2D eigenvalue weighted by Crippen LogP contribution is 2.31. The number of rotatable bonds is 7. The molecule has 21 heavy (non-hydrogen) atoms. The van der Waals surface area contributed by atoms with Crippen LogP contribution in [0.2, 0.25) is 0 Å². The van der Waals surface area contributed by atoms with Crippen LogP contribution < -0.4 is 5.32 Å². The summed E-state index contributed by atoms with van der Waals surface area (Å²) >= 11 is 2.10. The molecule has 0 amide bonds. The molecule has 0 spiro atoms. The van der Waals surface area contributed by atoms with Crippen molar-refractivity contribution in [2.24, 2.45) is 11.8 Å². The van der Waals surface area contributed by atoms with Gasteiger partial charge in [0, 0.05) is 37.5 Å². The predicted octanol–water partition coefficient (Wildman–Crippen LogP) is 4.01. The average Bonchev–Trinajstić information content (AvgIpc) is 2.55. The Morgan fingerprint density at radius 2 is 1.95 bits per heavy atom. The molecule has 1 saturated heterocycles. The van der Waals surface area contributed by atoms with Crippen LogP contribution in [-0.4, -0.2) is 48.1 Å². The molecule has 1 aliphatic carbocycles. The van der Waals surface area contributed by atoms with Gasteiger partial charge in [0.1, 0.15) is 0 Å². The predicted molar refractivity (Wildman–Crippen MR) is 96.2 cm³/mol. The van der Waals surface area contributed by atoms with Crippen LogP contribution >= 0.6 is 11.8 Å². The van der Waals surface area contributed by atoms with Crippen LogP contribution in [0.5, 0.6) is 0 Å². The summed E-state index contributed by atoms with van der Waals surface area (Å²) in [6, 6.07) is 1.52. The van der Waals surface area contributed by atoms with E-state index in [0.717, 1.165) is 17.9 Å². The number of piperazine rings is 1. The Hall–Kier alpha value is 0.270. The zero-order valence-corrected chi connectivity index (χ0v) is 15.3. The van der Waals surface area contributed by atoms with E-state index in [0.29, 0.717) is 6.04 Å². The molecule has 0 radical (unpaired) electrons. The summed E-state index contributed by atoms with van der Waals surface area (Å²) in [5.41, 5.74) is 0. The Morgan fingerprint density at radius 3 is 2.62 bits per heavy atom. The van der Waals surface area contributed by atoms with E-state index >= 15 is 0 Å². The number of nitrogens with zero attached hydrogens (tertiary/aromatic N) is 1. The van der Waals surface area contributed by atoms with Crippen LogP contribution in [-0.2, 0) is 0 Å². The SMILES string of the molecule is CCSCCN1CC(C(C)CC)NCC1C1CCCCC1. The van der Waals surface area contributed by atoms with E-state index in [4.69, 9.17) is 0 Å². The Bertz CT molecular complexity index is 278. The lowest BCUT2D eigenvalue weighted by Crippen LogP contribution is -2.61. The third-order valence-electron chi connectivity index (χ3n) is 5.74. The molecule has 1 N–H and O–H groups in total. The summed E-state index contributed by atoms with van der Waals surface area (Å²) in [4.78, 5) is 2.85. The number of hydrogen-bond acceptors (Lipinski definition) is 3. The lowest BCUT2D eigenvalue weighted by Gasteiger charge is -2.46. The molecule has 1 saturated carbocycles. The monoisotopic (exact) mass is 312 g/mol. The van der Waals surface area contributed by atoms with Crippen molar-refractivity contribution in [1.29, 1.82) is 0 Å². The largest absolute Gasteiger partial charge is 0.311 e. The number of thioether (sulfide) groups is 1. The van der Waals surface area contributed by atoms with Gasteiger partial charge < -0.3 is 5.32 Å². The van der Waals surface area contributed by atoms with E-state index < -0.39 is 0 Å². The first kappa shape index (κ1) is 17.6. The van der Waals surface area contributed by atoms with Gasteiger partial charge in [-0.25, -0.2) is 0 Å². The van der Waals surface area contributed by atoms with Crippen molar-refractivity contribution < 1.29 is 0 Å². The maximum absolute atomic E-state index is 3.89. The van der Waals surface area contributed by atoms with Gasteiger partial charge in [0.2, 0.25) is 0 Å². The average molecular weight is 313 g/mol. The minimum absolute atomic E-state index is 0.710. The van der Waals surface area contributed by atoms with Gasteiger partial charge in [-0.15, -0.1) is 0 Å². The summed E-state index contributed by atoms with van der Waals surface area (Å²) in [5, 5.41) is 3.89.